The van der Waals surface area contributed by atoms with Gasteiger partial charge in [0.05, 0.1) is 0 Å². The molecular formula is C25H26FN3O4S. The van der Waals surface area contributed by atoms with Gasteiger partial charge in [-0.2, -0.15) is 4.72 Å². The highest BCUT2D eigenvalue weighted by molar-refractivity contribution is 7.89. The summed E-state index contributed by atoms with van der Waals surface area (Å²) < 4.78 is 42.6. The SMILES string of the molecule is O=C([C@@H](Cc1ccccc1)NS(=O)(=O)c1ccccc1F)N1CCN(c2ccc(O)cc2)CC1. The third-order valence-corrected chi connectivity index (χ3v) is 7.32. The molecule has 1 fully saturated rings. The highest BCUT2D eigenvalue weighted by atomic mass is 32.2. The number of halogens is 1. The molecule has 3 aromatic rings. The summed E-state index contributed by atoms with van der Waals surface area (Å²) in [5.41, 5.74) is 1.73. The Hall–Kier alpha value is -3.43. The largest absolute Gasteiger partial charge is 0.508 e. The van der Waals surface area contributed by atoms with Gasteiger partial charge in [0.1, 0.15) is 22.5 Å². The number of amides is 1. The molecule has 178 valence electrons. The summed E-state index contributed by atoms with van der Waals surface area (Å²) in [7, 11) is -4.26. The molecule has 9 heteroatoms. The number of aromatic hydroxyl groups is 1. The third-order valence-electron chi connectivity index (χ3n) is 5.81. The van der Waals surface area contributed by atoms with Gasteiger partial charge in [-0.05, 0) is 48.4 Å². The standard InChI is InChI=1S/C25H26FN3O4S/c26-22-8-4-5-9-24(22)34(32,33)27-23(18-19-6-2-1-3-7-19)25(31)29-16-14-28(15-17-29)20-10-12-21(30)13-11-20/h1-13,23,27,30H,14-18H2/t23-/m1/s1. The summed E-state index contributed by atoms with van der Waals surface area (Å²) in [5, 5.41) is 9.49. The van der Waals surface area contributed by atoms with Crippen molar-refractivity contribution < 1.29 is 22.7 Å². The number of hydrogen-bond donors (Lipinski definition) is 2. The minimum atomic E-state index is -4.26. The Morgan fingerprint density at radius 3 is 2.18 bits per heavy atom. The summed E-state index contributed by atoms with van der Waals surface area (Å²) in [4.78, 5) is 16.7. The van der Waals surface area contributed by atoms with E-state index in [9.17, 15) is 22.7 Å². The van der Waals surface area contributed by atoms with Gasteiger partial charge in [0, 0.05) is 31.9 Å². The minimum absolute atomic E-state index is 0.144. The van der Waals surface area contributed by atoms with Gasteiger partial charge in [0.2, 0.25) is 15.9 Å². The number of rotatable bonds is 7. The monoisotopic (exact) mass is 483 g/mol. The van der Waals surface area contributed by atoms with E-state index in [0.29, 0.717) is 26.2 Å². The first-order valence-corrected chi connectivity index (χ1v) is 12.5. The summed E-state index contributed by atoms with van der Waals surface area (Å²) in [6.07, 6.45) is 0.144. The molecule has 1 aliphatic heterocycles. The molecule has 1 amide bonds. The molecule has 34 heavy (non-hydrogen) atoms. The van der Waals surface area contributed by atoms with Gasteiger partial charge in [-0.1, -0.05) is 42.5 Å². The molecular weight excluding hydrogens is 457 g/mol. The molecule has 0 bridgehead atoms. The number of carbonyl (C=O) groups excluding carboxylic acids is 1. The number of nitrogens with zero attached hydrogens (tertiary/aromatic N) is 2. The van der Waals surface area contributed by atoms with Gasteiger partial charge < -0.3 is 14.9 Å². The van der Waals surface area contributed by atoms with E-state index in [0.717, 1.165) is 17.3 Å². The second-order valence-corrected chi connectivity index (χ2v) is 9.81. The van der Waals surface area contributed by atoms with Crippen LogP contribution in [0.1, 0.15) is 5.56 Å². The molecule has 4 rings (SSSR count). The fraction of sp³-hybridized carbons (Fsp3) is 0.240. The van der Waals surface area contributed by atoms with Crippen molar-refractivity contribution in [3.8, 4) is 5.75 Å². The van der Waals surface area contributed by atoms with E-state index in [2.05, 4.69) is 9.62 Å². The van der Waals surface area contributed by atoms with E-state index in [1.54, 1.807) is 17.0 Å². The van der Waals surface area contributed by atoms with Crippen LogP contribution in [0.15, 0.2) is 83.8 Å². The van der Waals surface area contributed by atoms with Gasteiger partial charge in [0.15, 0.2) is 0 Å². The van der Waals surface area contributed by atoms with Gasteiger partial charge in [-0.15, -0.1) is 0 Å². The first kappa shape index (κ1) is 23.7. The summed E-state index contributed by atoms with van der Waals surface area (Å²) >= 11 is 0. The van der Waals surface area contributed by atoms with Crippen molar-refractivity contribution in [1.29, 1.82) is 0 Å². The van der Waals surface area contributed by atoms with E-state index < -0.39 is 26.8 Å². The molecule has 1 atom stereocenters. The molecule has 0 radical (unpaired) electrons. The Balaban J connectivity index is 1.51. The maximum atomic E-state index is 14.2. The van der Waals surface area contributed by atoms with Crippen molar-refractivity contribution in [2.75, 3.05) is 31.1 Å². The number of nitrogens with one attached hydrogen (secondary N) is 1. The van der Waals surface area contributed by atoms with Crippen molar-refractivity contribution in [2.24, 2.45) is 0 Å². The van der Waals surface area contributed by atoms with Crippen LogP contribution >= 0.6 is 0 Å². The fourth-order valence-corrected chi connectivity index (χ4v) is 5.28. The average molecular weight is 484 g/mol. The van der Waals surface area contributed by atoms with Crippen LogP contribution in [0, 0.1) is 5.82 Å². The predicted octanol–water partition coefficient (Wildman–Crippen LogP) is 2.77. The zero-order valence-electron chi connectivity index (χ0n) is 18.5. The lowest BCUT2D eigenvalue weighted by atomic mass is 10.1. The molecule has 1 heterocycles. The lowest BCUT2D eigenvalue weighted by Gasteiger charge is -2.37. The van der Waals surface area contributed by atoms with E-state index in [1.807, 2.05) is 42.5 Å². The van der Waals surface area contributed by atoms with Crippen LogP contribution in [0.5, 0.6) is 5.75 Å². The maximum absolute atomic E-state index is 14.2. The lowest BCUT2D eigenvalue weighted by Crippen LogP contribution is -2.55. The van der Waals surface area contributed by atoms with E-state index in [4.69, 9.17) is 0 Å². The topological polar surface area (TPSA) is 90.0 Å². The van der Waals surface area contributed by atoms with Crippen LogP contribution in [0.25, 0.3) is 0 Å². The second kappa shape index (κ2) is 10.2. The number of phenols is 1. The van der Waals surface area contributed by atoms with E-state index in [1.165, 1.54) is 18.2 Å². The molecule has 0 saturated carbocycles. The van der Waals surface area contributed by atoms with Crippen LogP contribution in [0.4, 0.5) is 10.1 Å². The van der Waals surface area contributed by atoms with Gasteiger partial charge >= 0.3 is 0 Å². The van der Waals surface area contributed by atoms with Gasteiger partial charge in [-0.3, -0.25) is 4.79 Å². The third kappa shape index (κ3) is 5.55. The molecule has 7 nitrogen and oxygen atoms in total. The van der Waals surface area contributed by atoms with Crippen LogP contribution < -0.4 is 9.62 Å². The van der Waals surface area contributed by atoms with Crippen LogP contribution in [0.2, 0.25) is 0 Å². The summed E-state index contributed by atoms with van der Waals surface area (Å²) in [6.45, 7) is 1.95. The number of phenolic OH excluding ortho intramolecular Hbond substituents is 1. The van der Waals surface area contributed by atoms with Crippen molar-refractivity contribution in [2.45, 2.75) is 17.4 Å². The zero-order chi connectivity index (χ0) is 24.1. The highest BCUT2D eigenvalue weighted by Gasteiger charge is 2.32. The fourth-order valence-electron chi connectivity index (χ4n) is 4.01. The molecule has 0 spiro atoms. The number of benzene rings is 3. The smallest absolute Gasteiger partial charge is 0.244 e. The number of hydrogen-bond acceptors (Lipinski definition) is 5. The summed E-state index contributed by atoms with van der Waals surface area (Å²) in [5.74, 6) is -1.04. The number of carbonyl (C=O) groups is 1. The Kier molecular flexibility index (Phi) is 7.14. The Bertz CT molecular complexity index is 1230. The molecule has 1 saturated heterocycles. The summed E-state index contributed by atoms with van der Waals surface area (Å²) in [6, 6.07) is 20.0. The minimum Gasteiger partial charge on any atom is -0.508 e. The Morgan fingerprint density at radius 1 is 0.912 bits per heavy atom. The first-order chi connectivity index (χ1) is 16.3. The quantitative estimate of drug-likeness (QED) is 0.540. The van der Waals surface area contributed by atoms with Crippen LogP contribution in [-0.4, -0.2) is 56.6 Å². The first-order valence-electron chi connectivity index (χ1n) is 11.0. The number of piperazine rings is 1. The normalized spacial score (nSPS) is 15.2. The molecule has 1 aliphatic rings. The van der Waals surface area contributed by atoms with Crippen molar-refractivity contribution in [1.82, 2.24) is 9.62 Å². The zero-order valence-corrected chi connectivity index (χ0v) is 19.3. The van der Waals surface area contributed by atoms with Gasteiger partial charge in [0.25, 0.3) is 0 Å². The Morgan fingerprint density at radius 2 is 1.53 bits per heavy atom. The van der Waals surface area contributed by atoms with E-state index in [-0.39, 0.29) is 18.1 Å². The number of sulfonamides is 1. The predicted molar refractivity (Wildman–Crippen MR) is 128 cm³/mol. The van der Waals surface area contributed by atoms with Crippen LogP contribution in [-0.2, 0) is 21.2 Å². The second-order valence-electron chi connectivity index (χ2n) is 8.12. The molecule has 3 aromatic carbocycles. The van der Waals surface area contributed by atoms with Crippen molar-refractivity contribution in [3.05, 3.63) is 90.2 Å². The molecule has 0 aliphatic carbocycles. The number of anilines is 1. The van der Waals surface area contributed by atoms with Crippen LogP contribution in [0.3, 0.4) is 0 Å². The highest BCUT2D eigenvalue weighted by Crippen LogP contribution is 2.21. The maximum Gasteiger partial charge on any atom is 0.244 e. The van der Waals surface area contributed by atoms with Gasteiger partial charge in [-0.25, -0.2) is 12.8 Å². The van der Waals surface area contributed by atoms with E-state index >= 15 is 0 Å². The molecule has 0 unspecified atom stereocenters. The van der Waals surface area contributed by atoms with Crippen molar-refractivity contribution >= 4 is 21.6 Å². The average Bonchev–Trinajstić information content (AvgIpc) is 2.84. The lowest BCUT2D eigenvalue weighted by molar-refractivity contribution is -0.133. The van der Waals surface area contributed by atoms with Crippen molar-refractivity contribution in [3.63, 3.8) is 0 Å². The molecule has 2 N–H and O–H groups in total. The molecule has 0 aromatic heterocycles. The Labute approximate surface area is 198 Å².